The Hall–Kier alpha value is -0.790. The highest BCUT2D eigenvalue weighted by atomic mass is 16.5. The molecule has 0 aromatic heterocycles. The highest BCUT2D eigenvalue weighted by Gasteiger charge is 2.45. The zero-order valence-electron chi connectivity index (χ0n) is 6.62. The number of fused-ring (bicyclic) bond motifs is 1. The summed E-state index contributed by atoms with van der Waals surface area (Å²) in [5.41, 5.74) is 0. The molecule has 0 unspecified atom stereocenters. The van der Waals surface area contributed by atoms with Crippen LogP contribution in [0.3, 0.4) is 0 Å². The lowest BCUT2D eigenvalue weighted by Gasteiger charge is -2.37. The maximum atomic E-state index is 11.1. The summed E-state index contributed by atoms with van der Waals surface area (Å²) in [4.78, 5) is 11.1. The predicted molar refractivity (Wildman–Crippen MR) is 40.9 cm³/mol. The van der Waals surface area contributed by atoms with Gasteiger partial charge in [-0.25, -0.2) is 0 Å². The van der Waals surface area contributed by atoms with Crippen LogP contribution in [0.4, 0.5) is 0 Å². The minimum absolute atomic E-state index is 0.0186. The molecule has 0 amide bonds. The summed E-state index contributed by atoms with van der Waals surface area (Å²) in [5, 5.41) is 0. The average molecular weight is 152 g/mol. The zero-order valence-corrected chi connectivity index (χ0v) is 6.62. The fraction of sp³-hybridized carbons (Fsp3) is 0.667. The van der Waals surface area contributed by atoms with Gasteiger partial charge in [-0.1, -0.05) is 12.2 Å². The van der Waals surface area contributed by atoms with Gasteiger partial charge < -0.3 is 4.74 Å². The first-order valence-electron chi connectivity index (χ1n) is 4.07. The summed E-state index contributed by atoms with van der Waals surface area (Å²) in [6.07, 6.45) is 6.49. The van der Waals surface area contributed by atoms with Crippen molar-refractivity contribution in [1.82, 2.24) is 0 Å². The first-order valence-corrected chi connectivity index (χ1v) is 4.07. The van der Waals surface area contributed by atoms with E-state index >= 15 is 0 Å². The third kappa shape index (κ3) is 0.889. The number of allylic oxidation sites excluding steroid dienone is 2. The zero-order chi connectivity index (χ0) is 7.84. The van der Waals surface area contributed by atoms with E-state index in [-0.39, 0.29) is 11.9 Å². The smallest absolute Gasteiger partial charge is 0.308 e. The van der Waals surface area contributed by atoms with Crippen molar-refractivity contribution in [2.24, 2.45) is 17.8 Å². The minimum atomic E-state index is -0.0186. The van der Waals surface area contributed by atoms with Crippen molar-refractivity contribution in [2.75, 3.05) is 7.11 Å². The monoisotopic (exact) mass is 152 g/mol. The minimum Gasteiger partial charge on any atom is -0.469 e. The molecule has 2 aliphatic rings. The lowest BCUT2D eigenvalue weighted by molar-refractivity contribution is -0.153. The summed E-state index contributed by atoms with van der Waals surface area (Å²) < 4.78 is 4.70. The summed E-state index contributed by atoms with van der Waals surface area (Å²) in [6, 6.07) is 0. The van der Waals surface area contributed by atoms with E-state index in [0.29, 0.717) is 11.8 Å². The van der Waals surface area contributed by atoms with E-state index in [1.807, 2.05) is 0 Å². The Balaban J connectivity index is 1.97. The molecule has 0 bridgehead atoms. The Labute approximate surface area is 66.2 Å². The normalized spacial score (nSPS) is 39.5. The molecular formula is C9H12O2. The van der Waals surface area contributed by atoms with E-state index in [4.69, 9.17) is 4.74 Å². The van der Waals surface area contributed by atoms with E-state index in [9.17, 15) is 4.79 Å². The number of ether oxygens (including phenoxy) is 1. The first-order chi connectivity index (χ1) is 5.33. The van der Waals surface area contributed by atoms with Crippen LogP contribution in [-0.2, 0) is 9.53 Å². The molecule has 0 radical (unpaired) electrons. The predicted octanol–water partition coefficient (Wildman–Crippen LogP) is 1.37. The molecule has 2 aliphatic carbocycles. The molecule has 60 valence electrons. The Bertz CT molecular complexity index is 208. The van der Waals surface area contributed by atoms with Crippen LogP contribution in [0.1, 0.15) is 12.8 Å². The van der Waals surface area contributed by atoms with Crippen LogP contribution < -0.4 is 0 Å². The van der Waals surface area contributed by atoms with Crippen LogP contribution in [0.5, 0.6) is 0 Å². The molecule has 0 aromatic rings. The number of methoxy groups -OCH3 is 1. The Morgan fingerprint density at radius 2 is 2.45 bits per heavy atom. The molecule has 0 aromatic carbocycles. The molecule has 0 N–H and O–H groups in total. The van der Waals surface area contributed by atoms with Gasteiger partial charge in [0.15, 0.2) is 0 Å². The first kappa shape index (κ1) is 6.89. The third-order valence-electron chi connectivity index (χ3n) is 2.89. The van der Waals surface area contributed by atoms with Crippen LogP contribution in [0.2, 0.25) is 0 Å². The van der Waals surface area contributed by atoms with Gasteiger partial charge >= 0.3 is 5.97 Å². The molecule has 2 rings (SSSR count). The molecule has 0 spiro atoms. The summed E-state index contributed by atoms with van der Waals surface area (Å²) in [6.45, 7) is 0. The second kappa shape index (κ2) is 2.36. The summed E-state index contributed by atoms with van der Waals surface area (Å²) >= 11 is 0. The van der Waals surface area contributed by atoms with Crippen LogP contribution in [0, 0.1) is 17.8 Å². The fourth-order valence-electron chi connectivity index (χ4n) is 2.14. The van der Waals surface area contributed by atoms with Gasteiger partial charge in [0.05, 0.1) is 13.0 Å². The molecule has 1 saturated carbocycles. The molecule has 2 heteroatoms. The highest BCUT2D eigenvalue weighted by molar-refractivity contribution is 5.74. The second-order valence-electron chi connectivity index (χ2n) is 3.36. The molecule has 0 saturated heterocycles. The highest BCUT2D eigenvalue weighted by Crippen LogP contribution is 2.47. The van der Waals surface area contributed by atoms with Crippen molar-refractivity contribution in [2.45, 2.75) is 12.8 Å². The lowest BCUT2D eigenvalue weighted by atomic mass is 9.66. The van der Waals surface area contributed by atoms with Crippen LogP contribution in [-0.4, -0.2) is 13.1 Å². The second-order valence-corrected chi connectivity index (χ2v) is 3.36. The van der Waals surface area contributed by atoms with Gasteiger partial charge in [0.25, 0.3) is 0 Å². The number of carbonyl (C=O) groups excluding carboxylic acids is 1. The Morgan fingerprint density at radius 3 is 3.09 bits per heavy atom. The van der Waals surface area contributed by atoms with Crippen molar-refractivity contribution in [3.05, 3.63) is 12.2 Å². The fourth-order valence-corrected chi connectivity index (χ4v) is 2.14. The standard InChI is InChI=1S/C9H12O2/c1-11-9(10)8-5-6-3-2-4-7(6)8/h2-3,6-8H,4-5H2,1H3/t6-,7-,8+/m1/s1. The van der Waals surface area contributed by atoms with Crippen LogP contribution >= 0.6 is 0 Å². The van der Waals surface area contributed by atoms with Crippen molar-refractivity contribution in [1.29, 1.82) is 0 Å². The maximum absolute atomic E-state index is 11.1. The lowest BCUT2D eigenvalue weighted by Crippen LogP contribution is -2.38. The molecular weight excluding hydrogens is 140 g/mol. The van der Waals surface area contributed by atoms with Gasteiger partial charge in [-0.15, -0.1) is 0 Å². The molecule has 0 aliphatic heterocycles. The third-order valence-corrected chi connectivity index (χ3v) is 2.89. The average Bonchev–Trinajstić information content (AvgIpc) is 2.32. The van der Waals surface area contributed by atoms with Gasteiger partial charge in [0, 0.05) is 0 Å². The summed E-state index contributed by atoms with van der Waals surface area (Å²) in [7, 11) is 1.47. The van der Waals surface area contributed by atoms with E-state index in [0.717, 1.165) is 12.8 Å². The molecule has 3 atom stereocenters. The molecule has 0 heterocycles. The van der Waals surface area contributed by atoms with Crippen molar-refractivity contribution in [3.63, 3.8) is 0 Å². The van der Waals surface area contributed by atoms with E-state index in [1.54, 1.807) is 0 Å². The van der Waals surface area contributed by atoms with Gasteiger partial charge in [0.2, 0.25) is 0 Å². The van der Waals surface area contributed by atoms with Crippen LogP contribution in [0.15, 0.2) is 12.2 Å². The SMILES string of the molecule is COC(=O)[C@H]1C[C@H]2C=CC[C@H]21. The van der Waals surface area contributed by atoms with Gasteiger partial charge in [-0.2, -0.15) is 0 Å². The number of esters is 1. The maximum Gasteiger partial charge on any atom is 0.308 e. The van der Waals surface area contributed by atoms with E-state index < -0.39 is 0 Å². The van der Waals surface area contributed by atoms with E-state index in [1.165, 1.54) is 7.11 Å². The number of hydrogen-bond donors (Lipinski definition) is 0. The van der Waals surface area contributed by atoms with Crippen molar-refractivity contribution in [3.8, 4) is 0 Å². The summed E-state index contributed by atoms with van der Waals surface area (Å²) in [5.74, 6) is 1.43. The van der Waals surface area contributed by atoms with Gasteiger partial charge in [-0.05, 0) is 24.7 Å². The van der Waals surface area contributed by atoms with E-state index in [2.05, 4.69) is 12.2 Å². The quantitative estimate of drug-likeness (QED) is 0.419. The topological polar surface area (TPSA) is 26.3 Å². The van der Waals surface area contributed by atoms with Crippen molar-refractivity contribution >= 4 is 5.97 Å². The number of hydrogen-bond acceptors (Lipinski definition) is 2. The Kier molecular flexibility index (Phi) is 1.48. The number of rotatable bonds is 1. The molecule has 2 nitrogen and oxygen atoms in total. The number of carbonyl (C=O) groups is 1. The van der Waals surface area contributed by atoms with Crippen LogP contribution in [0.25, 0.3) is 0 Å². The largest absolute Gasteiger partial charge is 0.469 e. The Morgan fingerprint density at radius 1 is 1.64 bits per heavy atom. The molecule has 1 fully saturated rings. The van der Waals surface area contributed by atoms with Gasteiger partial charge in [-0.3, -0.25) is 4.79 Å². The molecule has 11 heavy (non-hydrogen) atoms. The van der Waals surface area contributed by atoms with Crippen molar-refractivity contribution < 1.29 is 9.53 Å². The van der Waals surface area contributed by atoms with Gasteiger partial charge in [0.1, 0.15) is 0 Å².